The highest BCUT2D eigenvalue weighted by atomic mass is 16.6. The number of aromatic nitrogens is 2. The SMILES string of the molecule is CC(C)(C)OC(=O)N1Cc2[nH]nc(C[C@H](NC(=O)OCC3c4ccccc4-c4ccccc43)C(=O)O)c2C1. The second-order valence-corrected chi connectivity index (χ2v) is 10.5. The number of nitrogens with one attached hydrogen (secondary N) is 2. The van der Waals surface area contributed by atoms with Gasteiger partial charge in [0.15, 0.2) is 0 Å². The third-order valence-electron chi connectivity index (χ3n) is 6.72. The number of alkyl carbamates (subject to hydrolysis) is 1. The normalized spacial score (nSPS) is 14.9. The molecule has 1 aliphatic heterocycles. The molecule has 0 spiro atoms. The first-order valence-electron chi connectivity index (χ1n) is 12.5. The van der Waals surface area contributed by atoms with Crippen molar-refractivity contribution in [2.45, 2.75) is 57.8 Å². The number of carboxylic acid groups (broad SMARTS) is 1. The van der Waals surface area contributed by atoms with Gasteiger partial charge in [0, 0.05) is 17.9 Å². The molecule has 0 bridgehead atoms. The summed E-state index contributed by atoms with van der Waals surface area (Å²) in [7, 11) is 0. The van der Waals surface area contributed by atoms with Crippen LogP contribution in [0.5, 0.6) is 0 Å². The molecule has 0 unspecified atom stereocenters. The molecule has 3 aromatic rings. The molecule has 1 atom stereocenters. The van der Waals surface area contributed by atoms with Crippen molar-refractivity contribution < 1.29 is 29.0 Å². The van der Waals surface area contributed by atoms with Gasteiger partial charge in [-0.05, 0) is 43.0 Å². The number of carbonyl (C=O) groups is 3. The van der Waals surface area contributed by atoms with E-state index < -0.39 is 29.8 Å². The molecule has 0 fully saturated rings. The van der Waals surface area contributed by atoms with E-state index in [0.717, 1.165) is 33.5 Å². The summed E-state index contributed by atoms with van der Waals surface area (Å²) in [6.07, 6.45) is -1.34. The van der Waals surface area contributed by atoms with E-state index >= 15 is 0 Å². The molecular formula is C28H30N4O6. The van der Waals surface area contributed by atoms with Crippen LogP contribution in [-0.4, -0.2) is 56.6 Å². The van der Waals surface area contributed by atoms with Crippen LogP contribution >= 0.6 is 0 Å². The maximum Gasteiger partial charge on any atom is 0.410 e. The Morgan fingerprint density at radius 3 is 2.32 bits per heavy atom. The van der Waals surface area contributed by atoms with Gasteiger partial charge >= 0.3 is 18.2 Å². The van der Waals surface area contributed by atoms with E-state index in [1.807, 2.05) is 48.5 Å². The van der Waals surface area contributed by atoms with Crippen molar-refractivity contribution in [3.05, 3.63) is 76.6 Å². The first-order valence-corrected chi connectivity index (χ1v) is 12.5. The van der Waals surface area contributed by atoms with Gasteiger partial charge in [0.25, 0.3) is 0 Å². The second-order valence-electron chi connectivity index (χ2n) is 10.5. The van der Waals surface area contributed by atoms with Crippen LogP contribution in [0.1, 0.15) is 54.8 Å². The molecular weight excluding hydrogens is 488 g/mol. The van der Waals surface area contributed by atoms with Crippen LogP contribution in [0.2, 0.25) is 0 Å². The van der Waals surface area contributed by atoms with Gasteiger partial charge < -0.3 is 19.9 Å². The number of H-pyrrole nitrogens is 1. The van der Waals surface area contributed by atoms with Crippen LogP contribution in [-0.2, 0) is 33.8 Å². The largest absolute Gasteiger partial charge is 0.480 e. The van der Waals surface area contributed by atoms with Crippen LogP contribution in [0.3, 0.4) is 0 Å². The molecule has 198 valence electrons. The van der Waals surface area contributed by atoms with E-state index in [1.165, 1.54) is 4.90 Å². The lowest BCUT2D eigenvalue weighted by Gasteiger charge is -2.24. The summed E-state index contributed by atoms with van der Waals surface area (Å²) in [5, 5.41) is 19.4. The molecule has 2 aliphatic rings. The lowest BCUT2D eigenvalue weighted by atomic mass is 9.98. The molecule has 38 heavy (non-hydrogen) atoms. The third-order valence-corrected chi connectivity index (χ3v) is 6.72. The molecule has 2 heterocycles. The summed E-state index contributed by atoms with van der Waals surface area (Å²) < 4.78 is 10.9. The number of ether oxygens (including phenoxy) is 2. The maximum absolute atomic E-state index is 12.7. The average Bonchev–Trinajstić information content (AvgIpc) is 3.54. The highest BCUT2D eigenvalue weighted by Crippen LogP contribution is 2.44. The van der Waals surface area contributed by atoms with Gasteiger partial charge in [0.2, 0.25) is 0 Å². The zero-order chi connectivity index (χ0) is 27.0. The number of rotatable bonds is 6. The summed E-state index contributed by atoms with van der Waals surface area (Å²) in [5.41, 5.74) is 5.64. The van der Waals surface area contributed by atoms with Crippen molar-refractivity contribution in [1.29, 1.82) is 0 Å². The van der Waals surface area contributed by atoms with Gasteiger partial charge in [0.05, 0.1) is 24.5 Å². The monoisotopic (exact) mass is 518 g/mol. The molecule has 1 aromatic heterocycles. The first kappa shape index (κ1) is 25.3. The Morgan fingerprint density at radius 1 is 1.08 bits per heavy atom. The van der Waals surface area contributed by atoms with Gasteiger partial charge in [0.1, 0.15) is 18.2 Å². The number of hydrogen-bond donors (Lipinski definition) is 3. The first-order chi connectivity index (χ1) is 18.1. The van der Waals surface area contributed by atoms with E-state index in [0.29, 0.717) is 5.69 Å². The summed E-state index contributed by atoms with van der Waals surface area (Å²) in [6.45, 7) is 5.98. The Labute approximate surface area is 219 Å². The number of carbonyl (C=O) groups excluding carboxylic acids is 2. The predicted molar refractivity (Wildman–Crippen MR) is 137 cm³/mol. The van der Waals surface area contributed by atoms with Crippen molar-refractivity contribution in [2.24, 2.45) is 0 Å². The number of aliphatic carboxylic acids is 1. The molecule has 2 aromatic carbocycles. The Morgan fingerprint density at radius 2 is 1.71 bits per heavy atom. The van der Waals surface area contributed by atoms with E-state index in [-0.39, 0.29) is 32.0 Å². The van der Waals surface area contributed by atoms with E-state index in [9.17, 15) is 19.5 Å². The standard InChI is InChI=1S/C28H30N4O6/c1-28(2,3)38-27(36)32-13-20-22(30-31-24(20)14-32)12-23(25(33)34)29-26(35)37-15-21-18-10-6-4-8-16(18)17-9-5-7-11-19(17)21/h4-11,21,23H,12-15H2,1-3H3,(H,29,35)(H,30,31)(H,33,34)/t23-/m0/s1. The highest BCUT2D eigenvalue weighted by molar-refractivity contribution is 5.81. The van der Waals surface area contributed by atoms with Gasteiger partial charge in [-0.3, -0.25) is 10.00 Å². The van der Waals surface area contributed by atoms with Crippen LogP contribution in [0.25, 0.3) is 11.1 Å². The minimum absolute atomic E-state index is 0.0620. The molecule has 0 radical (unpaired) electrons. The van der Waals surface area contributed by atoms with Crippen molar-refractivity contribution in [1.82, 2.24) is 20.4 Å². The van der Waals surface area contributed by atoms with Crippen molar-refractivity contribution in [2.75, 3.05) is 6.61 Å². The fourth-order valence-corrected chi connectivity index (χ4v) is 5.00. The fourth-order valence-electron chi connectivity index (χ4n) is 5.00. The molecule has 10 nitrogen and oxygen atoms in total. The zero-order valence-corrected chi connectivity index (χ0v) is 21.5. The van der Waals surface area contributed by atoms with E-state index in [2.05, 4.69) is 15.5 Å². The number of benzene rings is 2. The molecule has 0 saturated carbocycles. The Hall–Kier alpha value is -4.34. The number of aromatic amines is 1. The number of hydrogen-bond acceptors (Lipinski definition) is 6. The summed E-state index contributed by atoms with van der Waals surface area (Å²) >= 11 is 0. The van der Waals surface area contributed by atoms with Crippen LogP contribution in [0, 0.1) is 0 Å². The van der Waals surface area contributed by atoms with Crippen LogP contribution < -0.4 is 5.32 Å². The van der Waals surface area contributed by atoms with Crippen LogP contribution in [0.15, 0.2) is 48.5 Å². The van der Waals surface area contributed by atoms with Crippen LogP contribution in [0.4, 0.5) is 9.59 Å². The molecule has 2 amide bonds. The van der Waals surface area contributed by atoms with Gasteiger partial charge in [-0.25, -0.2) is 14.4 Å². The Bertz CT molecular complexity index is 1350. The number of amides is 2. The zero-order valence-electron chi connectivity index (χ0n) is 21.5. The molecule has 1 aliphatic carbocycles. The van der Waals surface area contributed by atoms with Crippen molar-refractivity contribution in [3.63, 3.8) is 0 Å². The smallest absolute Gasteiger partial charge is 0.410 e. The van der Waals surface area contributed by atoms with Gasteiger partial charge in [-0.1, -0.05) is 48.5 Å². The summed E-state index contributed by atoms with van der Waals surface area (Å²) in [4.78, 5) is 38.6. The molecule has 3 N–H and O–H groups in total. The van der Waals surface area contributed by atoms with E-state index in [1.54, 1.807) is 20.8 Å². The highest BCUT2D eigenvalue weighted by Gasteiger charge is 2.34. The second kappa shape index (κ2) is 9.85. The topological polar surface area (TPSA) is 134 Å². The quantitative estimate of drug-likeness (QED) is 0.445. The van der Waals surface area contributed by atoms with Crippen molar-refractivity contribution >= 4 is 18.2 Å². The number of carboxylic acids is 1. The van der Waals surface area contributed by atoms with Crippen molar-refractivity contribution in [3.8, 4) is 11.1 Å². The summed E-state index contributed by atoms with van der Waals surface area (Å²) in [5.74, 6) is -1.35. The minimum atomic E-state index is -1.26. The number of nitrogens with zero attached hydrogens (tertiary/aromatic N) is 2. The average molecular weight is 519 g/mol. The lowest BCUT2D eigenvalue weighted by Crippen LogP contribution is -2.43. The lowest BCUT2D eigenvalue weighted by molar-refractivity contribution is -0.139. The van der Waals surface area contributed by atoms with Gasteiger partial charge in [-0.2, -0.15) is 5.10 Å². The third kappa shape index (κ3) is 5.06. The number of fused-ring (bicyclic) bond motifs is 4. The Balaban J connectivity index is 1.22. The maximum atomic E-state index is 12.7. The molecule has 5 rings (SSSR count). The minimum Gasteiger partial charge on any atom is -0.480 e. The molecule has 10 heteroatoms. The Kier molecular flexibility index (Phi) is 6.56. The van der Waals surface area contributed by atoms with Gasteiger partial charge in [-0.15, -0.1) is 0 Å². The summed E-state index contributed by atoms with van der Waals surface area (Å²) in [6, 6.07) is 14.7. The predicted octanol–water partition coefficient (Wildman–Crippen LogP) is 4.19. The fraction of sp³-hybridized carbons (Fsp3) is 0.357. The molecule has 0 saturated heterocycles. The van der Waals surface area contributed by atoms with E-state index in [4.69, 9.17) is 9.47 Å².